The smallest absolute Gasteiger partial charge is 0.164 e. The maximum Gasteiger partial charge on any atom is 0.164 e. The van der Waals surface area contributed by atoms with Crippen LogP contribution in [0.4, 0.5) is 0 Å². The molecule has 0 atom stereocenters. The molecule has 0 bridgehead atoms. The first kappa shape index (κ1) is 38.3. The molecule has 7 aromatic carbocycles. The number of aromatic nitrogens is 6. The second-order valence-corrected chi connectivity index (χ2v) is 15.4. The van der Waals surface area contributed by atoms with Gasteiger partial charge in [0.15, 0.2) is 17.5 Å². The summed E-state index contributed by atoms with van der Waals surface area (Å²) in [5, 5.41) is 2.19. The zero-order valence-electron chi connectivity index (χ0n) is 33.8. The Hall–Kier alpha value is -7.64. The average molecular weight is 792 g/mol. The Balaban J connectivity index is 1.05. The summed E-state index contributed by atoms with van der Waals surface area (Å²) in [6, 6.07) is 57.5. The summed E-state index contributed by atoms with van der Waals surface area (Å²) in [7, 11) is 32.4. The first-order chi connectivity index (χ1) is 30.8. The quantitative estimate of drug-likeness (QED) is 0.171. The van der Waals surface area contributed by atoms with Crippen molar-refractivity contribution in [2.24, 2.45) is 0 Å². The lowest BCUT2D eigenvalue weighted by Crippen LogP contribution is -2.55. The number of benzene rings is 7. The molecule has 63 heavy (non-hydrogen) atoms. The zero-order chi connectivity index (χ0) is 42.8. The number of pyridine rings is 1. The van der Waals surface area contributed by atoms with E-state index in [0.717, 1.165) is 60.9 Å². The van der Waals surface area contributed by atoms with Crippen molar-refractivity contribution in [3.63, 3.8) is 0 Å². The lowest BCUT2D eigenvalue weighted by atomic mass is 9.60. The Bertz CT molecular complexity index is 3540. The van der Waals surface area contributed by atoms with Gasteiger partial charge in [-0.2, -0.15) is 0 Å². The molecule has 0 saturated carbocycles. The molecule has 0 aliphatic rings. The largest absolute Gasteiger partial charge is 0.309 e. The topological polar surface area (TPSA) is 60.9 Å². The van der Waals surface area contributed by atoms with Crippen molar-refractivity contribution in [3.8, 4) is 73.5 Å². The predicted molar refractivity (Wildman–Crippen MR) is 262 cm³/mol. The third-order valence-corrected chi connectivity index (χ3v) is 11.7. The molecule has 10 radical (unpaired) electrons. The molecule has 0 spiro atoms. The Labute approximate surface area is 370 Å². The van der Waals surface area contributed by atoms with E-state index in [1.54, 1.807) is 0 Å². The molecule has 0 unspecified atom stereocenters. The molecule has 0 aliphatic carbocycles. The molecule has 0 N–H and O–H groups in total. The third kappa shape index (κ3) is 6.51. The van der Waals surface area contributed by atoms with Crippen molar-refractivity contribution in [2.45, 2.75) is 0 Å². The highest BCUT2D eigenvalue weighted by Crippen LogP contribution is 2.38. The minimum Gasteiger partial charge on any atom is -0.309 e. The number of nitrogens with zero attached hydrogens (tertiary/aromatic N) is 6. The maximum atomic E-state index is 6.68. The van der Waals surface area contributed by atoms with Gasteiger partial charge in [0.25, 0.3) is 0 Å². The summed E-state index contributed by atoms with van der Waals surface area (Å²) in [6.07, 6.45) is 1.92. The molecule has 282 valence electrons. The van der Waals surface area contributed by atoms with E-state index >= 15 is 0 Å². The van der Waals surface area contributed by atoms with Crippen molar-refractivity contribution in [3.05, 3.63) is 176 Å². The van der Waals surface area contributed by atoms with Crippen LogP contribution in [-0.4, -0.2) is 68.1 Å². The van der Waals surface area contributed by atoms with E-state index in [-0.39, 0.29) is 27.3 Å². The van der Waals surface area contributed by atoms with Gasteiger partial charge in [-0.25, -0.2) is 19.9 Å². The Morgan fingerprint density at radius 3 is 1.62 bits per heavy atom. The molecule has 4 heterocycles. The van der Waals surface area contributed by atoms with Crippen molar-refractivity contribution >= 4 is 94.0 Å². The fourth-order valence-corrected chi connectivity index (χ4v) is 8.52. The number of hydrogen-bond donors (Lipinski definition) is 0. The summed E-state index contributed by atoms with van der Waals surface area (Å²) in [6.45, 7) is 0. The van der Waals surface area contributed by atoms with Gasteiger partial charge in [0.2, 0.25) is 0 Å². The summed E-state index contributed by atoms with van der Waals surface area (Å²) in [5.74, 6) is 1.76. The Kier molecular flexibility index (Phi) is 9.34. The summed E-state index contributed by atoms with van der Waals surface area (Å²) in [5.41, 5.74) is 12.2. The minimum absolute atomic E-state index is 0.155. The van der Waals surface area contributed by atoms with Crippen LogP contribution in [0.2, 0.25) is 0 Å². The number of hydrogen-bond acceptors (Lipinski definition) is 4. The highest BCUT2D eigenvalue weighted by Gasteiger charge is 2.23. The second kappa shape index (κ2) is 15.4. The third-order valence-electron chi connectivity index (χ3n) is 11.7. The van der Waals surface area contributed by atoms with Crippen LogP contribution < -0.4 is 27.3 Å². The Morgan fingerprint density at radius 2 is 0.905 bits per heavy atom. The minimum atomic E-state index is 0.155. The molecular weight excluding hydrogens is 763 g/mol. The van der Waals surface area contributed by atoms with E-state index in [2.05, 4.69) is 95.6 Å². The van der Waals surface area contributed by atoms with Crippen molar-refractivity contribution in [1.82, 2.24) is 28.9 Å². The summed E-state index contributed by atoms with van der Waals surface area (Å²) >= 11 is 0. The summed E-state index contributed by atoms with van der Waals surface area (Å²) in [4.78, 5) is 20.2. The van der Waals surface area contributed by atoms with Gasteiger partial charge in [0.1, 0.15) is 44.9 Å². The van der Waals surface area contributed by atoms with Gasteiger partial charge in [0, 0.05) is 44.9 Å². The van der Waals surface area contributed by atoms with Crippen molar-refractivity contribution in [2.75, 3.05) is 0 Å². The number of imidazole rings is 1. The van der Waals surface area contributed by atoms with Gasteiger partial charge in [-0.3, -0.25) is 4.40 Å². The normalized spacial score (nSPS) is 11.5. The monoisotopic (exact) mass is 792 g/mol. The van der Waals surface area contributed by atoms with Crippen LogP contribution in [0.1, 0.15) is 0 Å². The van der Waals surface area contributed by atoms with Crippen molar-refractivity contribution < 1.29 is 0 Å². The first-order valence-corrected chi connectivity index (χ1v) is 20.4. The fourth-order valence-electron chi connectivity index (χ4n) is 8.52. The molecule has 4 aromatic heterocycles. The molecule has 0 saturated heterocycles. The van der Waals surface area contributed by atoms with E-state index in [1.165, 1.54) is 0 Å². The van der Waals surface area contributed by atoms with Gasteiger partial charge in [-0.05, 0) is 71.3 Å². The SMILES string of the molecule is [B]c1c([B])c([B])c(-c2c(-c3ccc4c5ccccc5n(-c5ccc(-c6nc(-c7ccccc7)nc(-c7cccc(-c8ccccc8)c7)n6)cc5)c4c3)nc3ccccn23)c([B])c1[B]. The number of rotatable bonds is 7. The highest BCUT2D eigenvalue weighted by atomic mass is 15.0. The lowest BCUT2D eigenvalue weighted by molar-refractivity contribution is 1.07. The van der Waals surface area contributed by atoms with Crippen LogP contribution in [0.25, 0.3) is 101 Å². The van der Waals surface area contributed by atoms with Crippen LogP contribution in [0.5, 0.6) is 0 Å². The second-order valence-electron chi connectivity index (χ2n) is 15.4. The molecule has 0 amide bonds. The lowest BCUT2D eigenvalue weighted by Gasteiger charge is -2.21. The van der Waals surface area contributed by atoms with Gasteiger partial charge in [0.05, 0.1) is 22.4 Å². The van der Waals surface area contributed by atoms with Crippen LogP contribution in [0, 0.1) is 0 Å². The van der Waals surface area contributed by atoms with Gasteiger partial charge in [-0.1, -0.05) is 126 Å². The zero-order valence-corrected chi connectivity index (χ0v) is 33.8. The van der Waals surface area contributed by atoms with Crippen LogP contribution in [0.15, 0.2) is 176 Å². The van der Waals surface area contributed by atoms with Gasteiger partial charge < -0.3 is 4.57 Å². The van der Waals surface area contributed by atoms with E-state index in [4.69, 9.17) is 59.2 Å². The number of para-hydroxylation sites is 1. The highest BCUT2D eigenvalue weighted by molar-refractivity contribution is 6.68. The molecule has 0 aliphatic heterocycles. The molecular formula is C52H29B5N6. The van der Waals surface area contributed by atoms with Crippen molar-refractivity contribution in [1.29, 1.82) is 0 Å². The molecule has 11 heteroatoms. The number of fused-ring (bicyclic) bond motifs is 4. The standard InChI is InChI=1S/C52H29B5N6/c53-43-42(44(54)46(56)47(57)45(43)55)49-48(58-41-20-9-10-27-62(41)49)34-23-26-38-37-18-7-8-19-39(37)63(40(38)29-34)36-24-21-32(22-25-36)51-59-50(31-14-5-2-6-15-31)60-52(61-51)35-17-11-16-33(28-35)30-12-3-1-4-13-30/h1-29H. The molecule has 11 rings (SSSR count). The summed E-state index contributed by atoms with van der Waals surface area (Å²) < 4.78 is 4.21. The van der Waals surface area contributed by atoms with Gasteiger partial charge in [-0.15, -0.1) is 16.4 Å². The predicted octanol–water partition coefficient (Wildman–Crippen LogP) is 6.59. The average Bonchev–Trinajstić information content (AvgIpc) is 3.89. The first-order valence-electron chi connectivity index (χ1n) is 20.4. The fraction of sp³-hybridized carbons (Fsp3) is 0. The van der Waals surface area contributed by atoms with E-state index in [9.17, 15) is 0 Å². The maximum absolute atomic E-state index is 6.68. The van der Waals surface area contributed by atoms with Crippen LogP contribution >= 0.6 is 0 Å². The van der Waals surface area contributed by atoms with Gasteiger partial charge >= 0.3 is 0 Å². The van der Waals surface area contributed by atoms with E-state index < -0.39 is 0 Å². The van der Waals surface area contributed by atoms with Crippen LogP contribution in [0.3, 0.4) is 0 Å². The van der Waals surface area contributed by atoms with Crippen LogP contribution in [-0.2, 0) is 0 Å². The molecule has 11 aromatic rings. The van der Waals surface area contributed by atoms with E-state index in [1.807, 2.05) is 89.5 Å². The molecule has 0 fully saturated rings. The van der Waals surface area contributed by atoms with E-state index in [0.29, 0.717) is 40.1 Å². The molecule has 6 nitrogen and oxygen atoms in total. The Morgan fingerprint density at radius 1 is 0.365 bits per heavy atom.